The van der Waals surface area contributed by atoms with Gasteiger partial charge in [0.15, 0.2) is 0 Å². The lowest BCUT2D eigenvalue weighted by atomic mass is 10.1. The van der Waals surface area contributed by atoms with Crippen LogP contribution < -0.4 is 10.5 Å². The largest absolute Gasteiger partial charge is 0.492 e. The quantitative estimate of drug-likeness (QED) is 0.858. The number of rotatable bonds is 5. The Morgan fingerprint density at radius 2 is 2.17 bits per heavy atom. The number of morpholine rings is 1. The monoisotopic (exact) mass is 250 g/mol. The molecule has 2 rings (SSSR count). The minimum absolute atomic E-state index is 0.0489. The predicted molar refractivity (Wildman–Crippen MR) is 71.8 cm³/mol. The van der Waals surface area contributed by atoms with Crippen LogP contribution in [0.15, 0.2) is 24.3 Å². The van der Waals surface area contributed by atoms with E-state index in [0.29, 0.717) is 6.61 Å². The first-order valence-corrected chi connectivity index (χ1v) is 6.54. The summed E-state index contributed by atoms with van der Waals surface area (Å²) in [7, 11) is 0. The van der Waals surface area contributed by atoms with E-state index in [4.69, 9.17) is 15.2 Å². The number of benzene rings is 1. The van der Waals surface area contributed by atoms with Gasteiger partial charge in [0.2, 0.25) is 0 Å². The zero-order valence-corrected chi connectivity index (χ0v) is 11.0. The van der Waals surface area contributed by atoms with Crippen LogP contribution in [-0.2, 0) is 4.74 Å². The van der Waals surface area contributed by atoms with Gasteiger partial charge in [-0.15, -0.1) is 0 Å². The molecule has 1 aliphatic rings. The molecule has 1 aliphatic heterocycles. The van der Waals surface area contributed by atoms with Gasteiger partial charge in [0.1, 0.15) is 12.4 Å². The van der Waals surface area contributed by atoms with Crippen LogP contribution in [0.2, 0.25) is 0 Å². The number of hydrogen-bond donors (Lipinski definition) is 1. The van der Waals surface area contributed by atoms with Crippen molar-refractivity contribution in [3.05, 3.63) is 29.8 Å². The summed E-state index contributed by atoms with van der Waals surface area (Å²) in [4.78, 5) is 2.36. The minimum atomic E-state index is 0.0489. The van der Waals surface area contributed by atoms with E-state index in [2.05, 4.69) is 4.90 Å². The fourth-order valence-electron chi connectivity index (χ4n) is 2.00. The highest BCUT2D eigenvalue weighted by molar-refractivity contribution is 5.30. The number of ether oxygens (including phenoxy) is 2. The van der Waals surface area contributed by atoms with Crippen LogP contribution in [0, 0.1) is 0 Å². The Morgan fingerprint density at radius 1 is 1.39 bits per heavy atom. The maximum atomic E-state index is 5.85. The predicted octanol–water partition coefficient (Wildman–Crippen LogP) is 1.42. The van der Waals surface area contributed by atoms with Crippen molar-refractivity contribution in [3.63, 3.8) is 0 Å². The van der Waals surface area contributed by atoms with Crippen LogP contribution in [0.1, 0.15) is 18.5 Å². The summed E-state index contributed by atoms with van der Waals surface area (Å²) in [6, 6.07) is 8.06. The molecule has 2 N–H and O–H groups in total. The Kier molecular flexibility index (Phi) is 4.99. The molecule has 100 valence electrons. The van der Waals surface area contributed by atoms with Gasteiger partial charge in [-0.3, -0.25) is 4.90 Å². The Hall–Kier alpha value is -1.10. The van der Waals surface area contributed by atoms with Crippen molar-refractivity contribution in [3.8, 4) is 5.75 Å². The number of nitrogens with zero attached hydrogens (tertiary/aromatic N) is 1. The summed E-state index contributed by atoms with van der Waals surface area (Å²) in [5, 5.41) is 0. The van der Waals surface area contributed by atoms with Gasteiger partial charge in [-0.2, -0.15) is 0 Å². The Balaban J connectivity index is 1.77. The van der Waals surface area contributed by atoms with Crippen molar-refractivity contribution in [2.45, 2.75) is 13.0 Å². The van der Waals surface area contributed by atoms with Crippen molar-refractivity contribution in [2.24, 2.45) is 5.73 Å². The van der Waals surface area contributed by atoms with Crippen LogP contribution >= 0.6 is 0 Å². The molecule has 1 fully saturated rings. The van der Waals surface area contributed by atoms with Gasteiger partial charge >= 0.3 is 0 Å². The molecule has 0 bridgehead atoms. The maximum absolute atomic E-state index is 5.85. The van der Waals surface area contributed by atoms with Crippen LogP contribution in [-0.4, -0.2) is 44.4 Å². The third kappa shape index (κ3) is 3.98. The van der Waals surface area contributed by atoms with Gasteiger partial charge in [0.05, 0.1) is 13.2 Å². The third-order valence-electron chi connectivity index (χ3n) is 3.16. The lowest BCUT2D eigenvalue weighted by Gasteiger charge is -2.26. The molecule has 0 saturated carbocycles. The van der Waals surface area contributed by atoms with Gasteiger partial charge in [-0.25, -0.2) is 0 Å². The van der Waals surface area contributed by atoms with E-state index < -0.39 is 0 Å². The second-order valence-electron chi connectivity index (χ2n) is 4.66. The van der Waals surface area contributed by atoms with Crippen molar-refractivity contribution < 1.29 is 9.47 Å². The lowest BCUT2D eigenvalue weighted by Crippen LogP contribution is -2.38. The second kappa shape index (κ2) is 6.73. The summed E-state index contributed by atoms with van der Waals surface area (Å²) < 4.78 is 11.1. The molecule has 1 heterocycles. The summed E-state index contributed by atoms with van der Waals surface area (Å²) in [5.74, 6) is 0.901. The van der Waals surface area contributed by atoms with Crippen molar-refractivity contribution in [1.82, 2.24) is 4.90 Å². The topological polar surface area (TPSA) is 47.7 Å². The van der Waals surface area contributed by atoms with Crippen LogP contribution in [0.4, 0.5) is 0 Å². The second-order valence-corrected chi connectivity index (χ2v) is 4.66. The van der Waals surface area contributed by atoms with Gasteiger partial charge < -0.3 is 15.2 Å². The Morgan fingerprint density at radius 3 is 2.89 bits per heavy atom. The zero-order chi connectivity index (χ0) is 12.8. The molecule has 0 aromatic heterocycles. The minimum Gasteiger partial charge on any atom is -0.492 e. The smallest absolute Gasteiger partial charge is 0.119 e. The molecular formula is C14H22N2O2. The highest BCUT2D eigenvalue weighted by atomic mass is 16.5. The molecule has 1 atom stereocenters. The third-order valence-corrected chi connectivity index (χ3v) is 3.16. The van der Waals surface area contributed by atoms with E-state index in [1.807, 2.05) is 31.2 Å². The van der Waals surface area contributed by atoms with E-state index in [0.717, 1.165) is 44.2 Å². The lowest BCUT2D eigenvalue weighted by molar-refractivity contribution is 0.0322. The molecule has 4 nitrogen and oxygen atoms in total. The van der Waals surface area contributed by atoms with Crippen molar-refractivity contribution in [1.29, 1.82) is 0 Å². The first-order chi connectivity index (χ1) is 8.75. The SMILES string of the molecule is C[C@@H](N)c1cccc(OCCN2CCOCC2)c1. The molecule has 0 amide bonds. The van der Waals surface area contributed by atoms with Crippen molar-refractivity contribution in [2.75, 3.05) is 39.5 Å². The van der Waals surface area contributed by atoms with E-state index in [-0.39, 0.29) is 6.04 Å². The molecule has 1 aromatic carbocycles. The normalized spacial score (nSPS) is 18.6. The molecule has 0 spiro atoms. The van der Waals surface area contributed by atoms with Crippen LogP contribution in [0.3, 0.4) is 0 Å². The van der Waals surface area contributed by atoms with Gasteiger partial charge in [0.25, 0.3) is 0 Å². The summed E-state index contributed by atoms with van der Waals surface area (Å²) in [5.41, 5.74) is 6.96. The number of hydrogen-bond acceptors (Lipinski definition) is 4. The Bertz CT molecular complexity index is 363. The number of nitrogens with two attached hydrogens (primary N) is 1. The standard InChI is InChI=1S/C14H22N2O2/c1-12(15)13-3-2-4-14(11-13)18-10-7-16-5-8-17-9-6-16/h2-4,11-12H,5-10,15H2,1H3/t12-/m1/s1. The maximum Gasteiger partial charge on any atom is 0.119 e. The van der Waals surface area contributed by atoms with Gasteiger partial charge in [-0.1, -0.05) is 12.1 Å². The molecule has 0 unspecified atom stereocenters. The van der Waals surface area contributed by atoms with E-state index in [1.165, 1.54) is 0 Å². The first kappa shape index (κ1) is 13.3. The van der Waals surface area contributed by atoms with E-state index >= 15 is 0 Å². The van der Waals surface area contributed by atoms with Crippen molar-refractivity contribution >= 4 is 0 Å². The highest BCUT2D eigenvalue weighted by Crippen LogP contribution is 2.17. The van der Waals surface area contributed by atoms with Gasteiger partial charge in [-0.05, 0) is 24.6 Å². The highest BCUT2D eigenvalue weighted by Gasteiger charge is 2.09. The average molecular weight is 250 g/mol. The summed E-state index contributed by atoms with van der Waals surface area (Å²) >= 11 is 0. The molecule has 18 heavy (non-hydrogen) atoms. The molecular weight excluding hydrogens is 228 g/mol. The zero-order valence-electron chi connectivity index (χ0n) is 11.0. The van der Waals surface area contributed by atoms with E-state index in [1.54, 1.807) is 0 Å². The fourth-order valence-corrected chi connectivity index (χ4v) is 2.00. The Labute approximate surface area is 109 Å². The van der Waals surface area contributed by atoms with Crippen LogP contribution in [0.25, 0.3) is 0 Å². The molecule has 4 heteroatoms. The summed E-state index contributed by atoms with van der Waals surface area (Å²) in [6.45, 7) is 7.31. The molecule has 1 aromatic rings. The first-order valence-electron chi connectivity index (χ1n) is 6.54. The summed E-state index contributed by atoms with van der Waals surface area (Å²) in [6.07, 6.45) is 0. The van der Waals surface area contributed by atoms with Gasteiger partial charge in [0, 0.05) is 25.7 Å². The average Bonchev–Trinajstić information content (AvgIpc) is 2.40. The van der Waals surface area contributed by atoms with Crippen LogP contribution in [0.5, 0.6) is 5.75 Å². The van der Waals surface area contributed by atoms with E-state index in [9.17, 15) is 0 Å². The molecule has 1 saturated heterocycles. The fraction of sp³-hybridized carbons (Fsp3) is 0.571. The molecule has 0 aliphatic carbocycles. The molecule has 0 radical (unpaired) electrons.